The summed E-state index contributed by atoms with van der Waals surface area (Å²) in [5.41, 5.74) is 4.74. The Balaban J connectivity index is 1.54. The van der Waals surface area contributed by atoms with Crippen LogP contribution in [-0.2, 0) is 16.1 Å². The molecule has 0 aliphatic carbocycles. The second-order valence-corrected chi connectivity index (χ2v) is 7.26. The molecular formula is C23H22N2O3. The first-order chi connectivity index (χ1) is 13.7. The molecule has 142 valence electrons. The number of aryl methyl sites for hydroxylation is 1. The van der Waals surface area contributed by atoms with Crippen LogP contribution in [0.25, 0.3) is 5.57 Å². The van der Waals surface area contributed by atoms with E-state index in [4.69, 9.17) is 9.47 Å². The first-order valence-corrected chi connectivity index (χ1v) is 9.44. The van der Waals surface area contributed by atoms with Gasteiger partial charge in [0, 0.05) is 0 Å². The molecule has 2 unspecified atom stereocenters. The van der Waals surface area contributed by atoms with Crippen molar-refractivity contribution in [3.8, 4) is 6.07 Å². The van der Waals surface area contributed by atoms with Crippen molar-refractivity contribution in [2.45, 2.75) is 32.0 Å². The van der Waals surface area contributed by atoms with E-state index in [0.29, 0.717) is 25.2 Å². The fourth-order valence-corrected chi connectivity index (χ4v) is 3.90. The van der Waals surface area contributed by atoms with E-state index in [-0.39, 0.29) is 24.8 Å². The average molecular weight is 374 g/mol. The number of rotatable bonds is 3. The number of morpholine rings is 1. The highest BCUT2D eigenvalue weighted by Gasteiger charge is 2.39. The Morgan fingerprint density at radius 1 is 1.25 bits per heavy atom. The smallest absolute Gasteiger partial charge is 0.411 e. The summed E-state index contributed by atoms with van der Waals surface area (Å²) in [6.45, 7) is 3.15. The summed E-state index contributed by atoms with van der Waals surface area (Å²) < 4.78 is 11.2. The van der Waals surface area contributed by atoms with Crippen LogP contribution in [0, 0.1) is 18.3 Å². The Morgan fingerprint density at radius 2 is 2.07 bits per heavy atom. The van der Waals surface area contributed by atoms with E-state index in [1.54, 1.807) is 4.90 Å². The van der Waals surface area contributed by atoms with Gasteiger partial charge in [-0.15, -0.1) is 0 Å². The largest absolute Gasteiger partial charge is 0.445 e. The van der Waals surface area contributed by atoms with Crippen LogP contribution in [0.4, 0.5) is 4.79 Å². The average Bonchev–Trinajstić information content (AvgIpc) is 2.71. The van der Waals surface area contributed by atoms with Gasteiger partial charge in [-0.3, -0.25) is 4.90 Å². The summed E-state index contributed by atoms with van der Waals surface area (Å²) in [5, 5.41) is 9.51. The highest BCUT2D eigenvalue weighted by Crippen LogP contribution is 2.34. The zero-order chi connectivity index (χ0) is 19.5. The van der Waals surface area contributed by atoms with Crippen molar-refractivity contribution in [2.75, 3.05) is 13.2 Å². The molecule has 2 aliphatic heterocycles. The third kappa shape index (κ3) is 3.64. The van der Waals surface area contributed by atoms with E-state index >= 15 is 0 Å². The Labute approximate surface area is 164 Å². The Bertz CT molecular complexity index is 946. The minimum Gasteiger partial charge on any atom is -0.445 e. The molecule has 2 heterocycles. The number of carbonyl (C=O) groups excluding carboxylic acids is 1. The molecule has 1 amide bonds. The minimum absolute atomic E-state index is 0.0881. The summed E-state index contributed by atoms with van der Waals surface area (Å²) >= 11 is 0. The molecule has 28 heavy (non-hydrogen) atoms. The van der Waals surface area contributed by atoms with Crippen molar-refractivity contribution in [2.24, 2.45) is 0 Å². The summed E-state index contributed by atoms with van der Waals surface area (Å²) in [4.78, 5) is 14.6. The van der Waals surface area contributed by atoms with Crippen molar-refractivity contribution >= 4 is 11.7 Å². The highest BCUT2D eigenvalue weighted by atomic mass is 16.6. The monoisotopic (exact) mass is 374 g/mol. The number of hydrogen-bond donors (Lipinski definition) is 0. The highest BCUT2D eigenvalue weighted by molar-refractivity contribution is 5.76. The maximum atomic E-state index is 12.8. The normalized spacial score (nSPS) is 20.9. The molecule has 2 aliphatic rings. The van der Waals surface area contributed by atoms with Crippen LogP contribution >= 0.6 is 0 Å². The second kappa shape index (κ2) is 7.87. The summed E-state index contributed by atoms with van der Waals surface area (Å²) in [6.07, 6.45) is 2.38. The predicted octanol–water partition coefficient (Wildman–Crippen LogP) is 4.06. The molecule has 2 atom stereocenters. The van der Waals surface area contributed by atoms with Gasteiger partial charge in [0.1, 0.15) is 6.61 Å². The van der Waals surface area contributed by atoms with Gasteiger partial charge in [-0.1, -0.05) is 48.5 Å². The molecule has 0 saturated carbocycles. The lowest BCUT2D eigenvalue weighted by atomic mass is 9.87. The van der Waals surface area contributed by atoms with Crippen LogP contribution in [0.3, 0.4) is 0 Å². The number of ether oxygens (including phenoxy) is 2. The van der Waals surface area contributed by atoms with Gasteiger partial charge in [0.2, 0.25) is 0 Å². The standard InChI is InChI=1S/C23H22N2O3/c1-16-7-8-22(19(9-16)12-24)18-10-20-14-27-15-21(11-18)25(20)23(26)28-13-17-5-3-2-4-6-17/h2-10,20-21H,11,13-15H2,1H3. The number of carbonyl (C=O) groups is 1. The van der Waals surface area contributed by atoms with Crippen molar-refractivity contribution in [3.05, 3.63) is 76.9 Å². The van der Waals surface area contributed by atoms with Crippen LogP contribution < -0.4 is 0 Å². The minimum atomic E-state index is -0.318. The van der Waals surface area contributed by atoms with E-state index in [1.165, 1.54) is 0 Å². The van der Waals surface area contributed by atoms with Gasteiger partial charge >= 0.3 is 6.09 Å². The maximum absolute atomic E-state index is 12.8. The molecule has 4 rings (SSSR count). The Kier molecular flexibility index (Phi) is 5.14. The SMILES string of the molecule is Cc1ccc(C2=CC3COCC(C2)N3C(=O)OCc2ccccc2)c(C#N)c1. The molecule has 0 radical (unpaired) electrons. The van der Waals surface area contributed by atoms with Gasteiger partial charge in [0.25, 0.3) is 0 Å². The lowest BCUT2D eigenvalue weighted by Crippen LogP contribution is -2.56. The van der Waals surface area contributed by atoms with Gasteiger partial charge in [-0.05, 0) is 41.7 Å². The molecule has 0 N–H and O–H groups in total. The summed E-state index contributed by atoms with van der Waals surface area (Å²) in [7, 11) is 0. The molecule has 0 aromatic heterocycles. The first kappa shape index (κ1) is 18.3. The number of amides is 1. The van der Waals surface area contributed by atoms with Gasteiger partial charge in [-0.25, -0.2) is 4.79 Å². The van der Waals surface area contributed by atoms with Gasteiger partial charge < -0.3 is 9.47 Å². The number of hydrogen-bond acceptors (Lipinski definition) is 4. The summed E-state index contributed by atoms with van der Waals surface area (Å²) in [5.74, 6) is 0. The van der Waals surface area contributed by atoms with Crippen molar-refractivity contribution in [3.63, 3.8) is 0 Å². The number of nitriles is 1. The molecule has 1 saturated heterocycles. The Morgan fingerprint density at radius 3 is 2.82 bits per heavy atom. The molecular weight excluding hydrogens is 352 g/mol. The topological polar surface area (TPSA) is 62.6 Å². The quantitative estimate of drug-likeness (QED) is 0.813. The van der Waals surface area contributed by atoms with Crippen LogP contribution in [0.2, 0.25) is 0 Å². The molecule has 5 heteroatoms. The predicted molar refractivity (Wildman–Crippen MR) is 105 cm³/mol. The first-order valence-electron chi connectivity index (χ1n) is 9.44. The van der Waals surface area contributed by atoms with E-state index in [0.717, 1.165) is 22.3 Å². The van der Waals surface area contributed by atoms with Crippen molar-refractivity contribution < 1.29 is 14.3 Å². The van der Waals surface area contributed by atoms with E-state index in [1.807, 2.05) is 61.5 Å². The lowest BCUT2D eigenvalue weighted by molar-refractivity contribution is -0.0342. The lowest BCUT2D eigenvalue weighted by Gasteiger charge is -2.43. The van der Waals surface area contributed by atoms with E-state index in [2.05, 4.69) is 6.07 Å². The maximum Gasteiger partial charge on any atom is 0.411 e. The third-order valence-electron chi connectivity index (χ3n) is 5.26. The van der Waals surface area contributed by atoms with Gasteiger partial charge in [-0.2, -0.15) is 5.26 Å². The molecule has 2 aromatic rings. The van der Waals surface area contributed by atoms with Crippen LogP contribution in [0.15, 0.2) is 54.6 Å². The van der Waals surface area contributed by atoms with Gasteiger partial charge in [0.05, 0.1) is 36.9 Å². The molecule has 2 aromatic carbocycles. The van der Waals surface area contributed by atoms with Crippen molar-refractivity contribution in [1.29, 1.82) is 5.26 Å². The van der Waals surface area contributed by atoms with Crippen LogP contribution in [0.5, 0.6) is 0 Å². The zero-order valence-corrected chi connectivity index (χ0v) is 15.8. The van der Waals surface area contributed by atoms with Crippen LogP contribution in [0.1, 0.15) is 28.7 Å². The number of fused-ring (bicyclic) bond motifs is 2. The van der Waals surface area contributed by atoms with E-state index in [9.17, 15) is 10.1 Å². The van der Waals surface area contributed by atoms with E-state index < -0.39 is 0 Å². The molecule has 0 spiro atoms. The zero-order valence-electron chi connectivity index (χ0n) is 15.8. The third-order valence-corrected chi connectivity index (χ3v) is 5.26. The molecule has 5 nitrogen and oxygen atoms in total. The summed E-state index contributed by atoms with van der Waals surface area (Å²) in [6, 6.07) is 17.6. The van der Waals surface area contributed by atoms with Crippen LogP contribution in [-0.4, -0.2) is 36.3 Å². The number of nitrogens with zero attached hydrogens (tertiary/aromatic N) is 2. The molecule has 2 bridgehead atoms. The fourth-order valence-electron chi connectivity index (χ4n) is 3.90. The second-order valence-electron chi connectivity index (χ2n) is 7.26. The Hall–Kier alpha value is -3.10. The van der Waals surface area contributed by atoms with Crippen molar-refractivity contribution in [1.82, 2.24) is 4.90 Å². The number of benzene rings is 2. The molecule has 1 fully saturated rings. The fraction of sp³-hybridized carbons (Fsp3) is 0.304. The van der Waals surface area contributed by atoms with Gasteiger partial charge in [0.15, 0.2) is 0 Å².